The molecular weight excluding hydrogens is 194 g/mol. The van der Waals surface area contributed by atoms with Crippen LogP contribution in [0.1, 0.15) is 18.4 Å². The first-order chi connectivity index (χ1) is 6.81. The van der Waals surface area contributed by atoms with Gasteiger partial charge in [0.05, 0.1) is 0 Å². The summed E-state index contributed by atoms with van der Waals surface area (Å²) < 4.78 is 0. The average Bonchev–Trinajstić information content (AvgIpc) is 2.65. The number of nitrogens with zero attached hydrogens (tertiary/aromatic N) is 1. The summed E-state index contributed by atoms with van der Waals surface area (Å²) >= 11 is 4.19. The largest absolute Gasteiger partial charge is 0.312 e. The van der Waals surface area contributed by atoms with Crippen LogP contribution in [0.4, 0.5) is 5.69 Å². The van der Waals surface area contributed by atoms with Gasteiger partial charge in [0.25, 0.3) is 0 Å². The van der Waals surface area contributed by atoms with E-state index < -0.39 is 0 Å². The Morgan fingerprint density at radius 1 is 1.29 bits per heavy atom. The van der Waals surface area contributed by atoms with Gasteiger partial charge in [0.15, 0.2) is 0 Å². The third-order valence-electron chi connectivity index (χ3n) is 2.50. The molecule has 1 saturated heterocycles. The molecule has 0 spiro atoms. The van der Waals surface area contributed by atoms with Gasteiger partial charge in [-0.3, -0.25) is 4.79 Å². The van der Waals surface area contributed by atoms with Gasteiger partial charge in [-0.1, -0.05) is 12.1 Å². The minimum atomic E-state index is 0.239. The number of benzene rings is 1. The van der Waals surface area contributed by atoms with Crippen molar-refractivity contribution in [3.8, 4) is 0 Å². The van der Waals surface area contributed by atoms with Crippen LogP contribution >= 0.6 is 12.6 Å². The molecule has 0 atom stereocenters. The van der Waals surface area contributed by atoms with E-state index in [-0.39, 0.29) is 5.91 Å². The molecule has 0 radical (unpaired) electrons. The maximum absolute atomic E-state index is 11.4. The Morgan fingerprint density at radius 3 is 2.50 bits per heavy atom. The van der Waals surface area contributed by atoms with E-state index in [2.05, 4.69) is 12.6 Å². The molecule has 2 nitrogen and oxygen atoms in total. The molecule has 1 fully saturated rings. The van der Waals surface area contributed by atoms with Crippen LogP contribution in [-0.4, -0.2) is 12.5 Å². The van der Waals surface area contributed by atoms with Crippen molar-refractivity contribution in [1.29, 1.82) is 0 Å². The van der Waals surface area contributed by atoms with Crippen LogP contribution in [0.5, 0.6) is 0 Å². The minimum Gasteiger partial charge on any atom is -0.312 e. The number of rotatable bonds is 2. The second kappa shape index (κ2) is 4.05. The summed E-state index contributed by atoms with van der Waals surface area (Å²) in [5.41, 5.74) is 2.20. The van der Waals surface area contributed by atoms with E-state index in [0.29, 0.717) is 6.42 Å². The summed E-state index contributed by atoms with van der Waals surface area (Å²) in [6, 6.07) is 8.03. The molecule has 1 aromatic carbocycles. The van der Waals surface area contributed by atoms with Gasteiger partial charge < -0.3 is 4.90 Å². The third kappa shape index (κ3) is 1.77. The zero-order valence-corrected chi connectivity index (χ0v) is 8.83. The molecule has 1 amide bonds. The van der Waals surface area contributed by atoms with Crippen LogP contribution in [-0.2, 0) is 10.5 Å². The molecule has 1 heterocycles. The minimum absolute atomic E-state index is 0.239. The fraction of sp³-hybridized carbons (Fsp3) is 0.364. The number of amides is 1. The Morgan fingerprint density at radius 2 is 2.00 bits per heavy atom. The van der Waals surface area contributed by atoms with Crippen molar-refractivity contribution in [2.45, 2.75) is 18.6 Å². The van der Waals surface area contributed by atoms with E-state index in [1.165, 1.54) is 5.56 Å². The SMILES string of the molecule is O=C1CCCN1c1ccc(CS)cc1. The van der Waals surface area contributed by atoms with Gasteiger partial charge in [0, 0.05) is 24.4 Å². The number of thiol groups is 1. The topological polar surface area (TPSA) is 20.3 Å². The van der Waals surface area contributed by atoms with Gasteiger partial charge >= 0.3 is 0 Å². The Labute approximate surface area is 89.3 Å². The molecule has 0 aliphatic carbocycles. The molecule has 1 aromatic rings. The highest BCUT2D eigenvalue weighted by atomic mass is 32.1. The second-order valence-electron chi connectivity index (χ2n) is 3.47. The standard InChI is InChI=1S/C11H13NOS/c13-11-2-1-7-12(11)10-5-3-9(8-14)4-6-10/h3-6,14H,1-2,7-8H2. The first-order valence-corrected chi connectivity index (χ1v) is 5.44. The van der Waals surface area contributed by atoms with E-state index in [1.807, 2.05) is 29.2 Å². The molecule has 3 heteroatoms. The van der Waals surface area contributed by atoms with Crippen LogP contribution in [0.3, 0.4) is 0 Å². The Kier molecular flexibility index (Phi) is 2.77. The lowest BCUT2D eigenvalue weighted by Crippen LogP contribution is -2.23. The molecule has 1 aliphatic heterocycles. The Hall–Kier alpha value is -0.960. The van der Waals surface area contributed by atoms with E-state index in [4.69, 9.17) is 0 Å². The summed E-state index contributed by atoms with van der Waals surface area (Å²) in [7, 11) is 0. The van der Waals surface area contributed by atoms with Gasteiger partial charge in [-0.25, -0.2) is 0 Å². The van der Waals surface area contributed by atoms with Gasteiger partial charge in [0.1, 0.15) is 0 Å². The van der Waals surface area contributed by atoms with Gasteiger partial charge in [-0.2, -0.15) is 12.6 Å². The Bertz CT molecular complexity index is 334. The van der Waals surface area contributed by atoms with Crippen molar-refractivity contribution < 1.29 is 4.79 Å². The molecule has 2 rings (SSSR count). The molecule has 1 aliphatic rings. The summed E-state index contributed by atoms with van der Waals surface area (Å²) in [6.07, 6.45) is 1.67. The quantitative estimate of drug-likeness (QED) is 0.737. The molecule has 74 valence electrons. The van der Waals surface area contributed by atoms with Gasteiger partial charge in [-0.15, -0.1) is 0 Å². The molecule has 0 bridgehead atoms. The zero-order valence-electron chi connectivity index (χ0n) is 7.94. The van der Waals surface area contributed by atoms with Gasteiger partial charge in [0.2, 0.25) is 5.91 Å². The van der Waals surface area contributed by atoms with Crippen LogP contribution in [0.25, 0.3) is 0 Å². The highest BCUT2D eigenvalue weighted by molar-refractivity contribution is 7.79. The van der Waals surface area contributed by atoms with Crippen molar-refractivity contribution in [2.24, 2.45) is 0 Å². The number of hydrogen-bond acceptors (Lipinski definition) is 2. The summed E-state index contributed by atoms with van der Waals surface area (Å²) in [4.78, 5) is 13.3. The monoisotopic (exact) mass is 207 g/mol. The highest BCUT2D eigenvalue weighted by Crippen LogP contribution is 2.21. The maximum Gasteiger partial charge on any atom is 0.227 e. The lowest BCUT2D eigenvalue weighted by Gasteiger charge is -2.15. The van der Waals surface area contributed by atoms with Crippen molar-refractivity contribution >= 4 is 24.2 Å². The third-order valence-corrected chi connectivity index (χ3v) is 2.87. The second-order valence-corrected chi connectivity index (χ2v) is 3.79. The average molecular weight is 207 g/mol. The van der Waals surface area contributed by atoms with E-state index in [1.54, 1.807) is 0 Å². The van der Waals surface area contributed by atoms with Crippen molar-refractivity contribution in [1.82, 2.24) is 0 Å². The van der Waals surface area contributed by atoms with Crippen LogP contribution < -0.4 is 4.90 Å². The lowest BCUT2D eigenvalue weighted by molar-refractivity contribution is -0.117. The molecule has 0 unspecified atom stereocenters. The van der Waals surface area contributed by atoms with Crippen LogP contribution in [0.15, 0.2) is 24.3 Å². The highest BCUT2D eigenvalue weighted by Gasteiger charge is 2.21. The van der Waals surface area contributed by atoms with Crippen molar-refractivity contribution in [3.63, 3.8) is 0 Å². The van der Waals surface area contributed by atoms with E-state index in [0.717, 1.165) is 24.4 Å². The van der Waals surface area contributed by atoms with Crippen LogP contribution in [0, 0.1) is 0 Å². The number of hydrogen-bond donors (Lipinski definition) is 1. The molecular formula is C11H13NOS. The maximum atomic E-state index is 11.4. The summed E-state index contributed by atoms with van der Waals surface area (Å²) in [6.45, 7) is 0.860. The van der Waals surface area contributed by atoms with Crippen molar-refractivity contribution in [2.75, 3.05) is 11.4 Å². The predicted molar refractivity (Wildman–Crippen MR) is 60.7 cm³/mol. The molecule has 0 aromatic heterocycles. The fourth-order valence-corrected chi connectivity index (χ4v) is 1.91. The summed E-state index contributed by atoms with van der Waals surface area (Å²) in [5, 5.41) is 0. The number of carbonyl (C=O) groups excluding carboxylic acids is 1. The summed E-state index contributed by atoms with van der Waals surface area (Å²) in [5.74, 6) is 0.984. The van der Waals surface area contributed by atoms with Crippen LogP contribution in [0.2, 0.25) is 0 Å². The number of carbonyl (C=O) groups is 1. The fourth-order valence-electron chi connectivity index (χ4n) is 1.70. The van der Waals surface area contributed by atoms with E-state index >= 15 is 0 Å². The first kappa shape index (κ1) is 9.59. The predicted octanol–water partition coefficient (Wildman–Crippen LogP) is 2.24. The molecule has 0 N–H and O–H groups in total. The number of anilines is 1. The molecule has 0 saturated carbocycles. The zero-order chi connectivity index (χ0) is 9.97. The Balaban J connectivity index is 2.20. The van der Waals surface area contributed by atoms with Crippen molar-refractivity contribution in [3.05, 3.63) is 29.8 Å². The first-order valence-electron chi connectivity index (χ1n) is 4.81. The lowest BCUT2D eigenvalue weighted by atomic mass is 10.2. The smallest absolute Gasteiger partial charge is 0.227 e. The van der Waals surface area contributed by atoms with Gasteiger partial charge in [-0.05, 0) is 24.1 Å². The normalized spacial score (nSPS) is 16.4. The molecule has 14 heavy (non-hydrogen) atoms. The van der Waals surface area contributed by atoms with E-state index in [9.17, 15) is 4.79 Å².